The van der Waals surface area contributed by atoms with Crippen molar-refractivity contribution in [3.05, 3.63) is 0 Å². The molecule has 1 aliphatic rings. The fourth-order valence-corrected chi connectivity index (χ4v) is 3.71. The minimum Gasteiger partial charge on any atom is -0.313 e. The van der Waals surface area contributed by atoms with Gasteiger partial charge in [0, 0.05) is 6.04 Å². The Morgan fingerprint density at radius 1 is 1.11 bits per heavy atom. The van der Waals surface area contributed by atoms with Gasteiger partial charge >= 0.3 is 0 Å². The fourth-order valence-electron chi connectivity index (χ4n) is 3.71. The molecule has 3 unspecified atom stereocenters. The van der Waals surface area contributed by atoms with Crippen LogP contribution in [0.25, 0.3) is 0 Å². The van der Waals surface area contributed by atoms with Crippen molar-refractivity contribution in [2.45, 2.75) is 85.6 Å². The van der Waals surface area contributed by atoms with Crippen molar-refractivity contribution in [2.24, 2.45) is 17.3 Å². The summed E-state index contributed by atoms with van der Waals surface area (Å²) in [6.07, 6.45) is 9.72. The first-order valence-corrected chi connectivity index (χ1v) is 8.30. The fraction of sp³-hybridized carbons (Fsp3) is 1.00. The zero-order valence-electron chi connectivity index (χ0n) is 13.4. The third-order valence-electron chi connectivity index (χ3n) is 5.29. The summed E-state index contributed by atoms with van der Waals surface area (Å²) in [5.74, 6) is 1.86. The van der Waals surface area contributed by atoms with Gasteiger partial charge in [-0.25, -0.2) is 0 Å². The molecule has 3 atom stereocenters. The van der Waals surface area contributed by atoms with Crippen LogP contribution in [0.5, 0.6) is 0 Å². The van der Waals surface area contributed by atoms with Crippen molar-refractivity contribution in [1.82, 2.24) is 5.32 Å². The van der Waals surface area contributed by atoms with Crippen LogP contribution in [0, 0.1) is 17.3 Å². The first-order valence-electron chi connectivity index (χ1n) is 8.30. The van der Waals surface area contributed by atoms with E-state index < -0.39 is 0 Å². The monoisotopic (exact) mass is 253 g/mol. The Morgan fingerprint density at radius 2 is 1.78 bits per heavy atom. The normalized spacial score (nSPS) is 27.2. The quantitative estimate of drug-likeness (QED) is 0.672. The molecule has 1 N–H and O–H groups in total. The minimum absolute atomic E-state index is 0.435. The molecular weight excluding hydrogens is 218 g/mol. The maximum Gasteiger partial charge on any atom is 0.0149 e. The van der Waals surface area contributed by atoms with Gasteiger partial charge in [0.25, 0.3) is 0 Å². The maximum absolute atomic E-state index is 3.89. The summed E-state index contributed by atoms with van der Waals surface area (Å²) < 4.78 is 0. The average molecular weight is 253 g/mol. The Labute approximate surface area is 115 Å². The van der Waals surface area contributed by atoms with E-state index in [1.165, 1.54) is 51.5 Å². The molecule has 0 spiro atoms. The van der Waals surface area contributed by atoms with E-state index in [4.69, 9.17) is 0 Å². The molecule has 108 valence electrons. The molecule has 0 bridgehead atoms. The molecular formula is C17H35N. The summed E-state index contributed by atoms with van der Waals surface area (Å²) >= 11 is 0. The molecule has 18 heavy (non-hydrogen) atoms. The highest BCUT2D eigenvalue weighted by Crippen LogP contribution is 2.41. The van der Waals surface area contributed by atoms with Crippen LogP contribution < -0.4 is 5.32 Å². The Kier molecular flexibility index (Phi) is 6.70. The molecule has 1 saturated carbocycles. The Bertz CT molecular complexity index is 222. The van der Waals surface area contributed by atoms with Crippen LogP contribution >= 0.6 is 0 Å². The largest absolute Gasteiger partial charge is 0.313 e. The maximum atomic E-state index is 3.89. The third kappa shape index (κ3) is 3.98. The van der Waals surface area contributed by atoms with Gasteiger partial charge in [-0.05, 0) is 43.1 Å². The average Bonchev–Trinajstić information content (AvgIpc) is 2.39. The molecule has 0 amide bonds. The van der Waals surface area contributed by atoms with Crippen LogP contribution in [0.4, 0.5) is 0 Å². The van der Waals surface area contributed by atoms with Gasteiger partial charge in [0.15, 0.2) is 0 Å². The second-order valence-corrected chi connectivity index (χ2v) is 6.89. The highest BCUT2D eigenvalue weighted by Gasteiger charge is 2.38. The molecule has 0 aromatic heterocycles. The number of hydrogen-bond donors (Lipinski definition) is 1. The third-order valence-corrected chi connectivity index (χ3v) is 5.29. The molecule has 1 fully saturated rings. The molecule has 1 aliphatic carbocycles. The van der Waals surface area contributed by atoms with E-state index in [9.17, 15) is 0 Å². The van der Waals surface area contributed by atoms with Crippen LogP contribution in [0.1, 0.15) is 79.6 Å². The highest BCUT2D eigenvalue weighted by molar-refractivity contribution is 4.92. The predicted octanol–water partition coefficient (Wildman–Crippen LogP) is 5.01. The van der Waals surface area contributed by atoms with E-state index in [1.807, 2.05) is 0 Å². The zero-order valence-corrected chi connectivity index (χ0v) is 13.4. The number of hydrogen-bond acceptors (Lipinski definition) is 1. The van der Waals surface area contributed by atoms with Gasteiger partial charge in [0.2, 0.25) is 0 Å². The van der Waals surface area contributed by atoms with Crippen LogP contribution in [0.3, 0.4) is 0 Å². The molecule has 0 radical (unpaired) electrons. The summed E-state index contributed by atoms with van der Waals surface area (Å²) in [6, 6.07) is 0.715. The first-order chi connectivity index (χ1) is 8.56. The van der Waals surface area contributed by atoms with E-state index in [2.05, 4.69) is 39.9 Å². The van der Waals surface area contributed by atoms with Gasteiger partial charge in [-0.3, -0.25) is 0 Å². The predicted molar refractivity (Wildman–Crippen MR) is 81.9 cm³/mol. The van der Waals surface area contributed by atoms with Crippen molar-refractivity contribution >= 4 is 0 Å². The lowest BCUT2D eigenvalue weighted by molar-refractivity contribution is 0.0912. The van der Waals surface area contributed by atoms with Gasteiger partial charge in [-0.2, -0.15) is 0 Å². The van der Waals surface area contributed by atoms with Crippen molar-refractivity contribution in [1.29, 1.82) is 0 Å². The standard InChI is InChI=1S/C17H35N/c1-6-13-18-16(17(4,5)8-3)15-12-10-9-11-14(15)7-2/h14-16,18H,6-13H2,1-5H3. The van der Waals surface area contributed by atoms with Crippen LogP contribution in [0.15, 0.2) is 0 Å². The lowest BCUT2D eigenvalue weighted by Crippen LogP contribution is -2.50. The Morgan fingerprint density at radius 3 is 2.33 bits per heavy atom. The van der Waals surface area contributed by atoms with Crippen LogP contribution in [-0.4, -0.2) is 12.6 Å². The molecule has 0 heterocycles. The zero-order chi connectivity index (χ0) is 13.6. The van der Waals surface area contributed by atoms with Crippen molar-refractivity contribution in [3.63, 3.8) is 0 Å². The molecule has 1 nitrogen and oxygen atoms in total. The topological polar surface area (TPSA) is 12.0 Å². The number of nitrogens with one attached hydrogen (secondary N) is 1. The summed E-state index contributed by atoms with van der Waals surface area (Å²) in [7, 11) is 0. The summed E-state index contributed by atoms with van der Waals surface area (Å²) in [6.45, 7) is 13.1. The summed E-state index contributed by atoms with van der Waals surface area (Å²) in [5.41, 5.74) is 0.435. The summed E-state index contributed by atoms with van der Waals surface area (Å²) in [5, 5.41) is 3.89. The van der Waals surface area contributed by atoms with Gasteiger partial charge in [-0.15, -0.1) is 0 Å². The first kappa shape index (κ1) is 16.0. The molecule has 0 saturated heterocycles. The van der Waals surface area contributed by atoms with E-state index in [0.29, 0.717) is 11.5 Å². The van der Waals surface area contributed by atoms with Crippen molar-refractivity contribution < 1.29 is 0 Å². The van der Waals surface area contributed by atoms with E-state index in [1.54, 1.807) is 0 Å². The second kappa shape index (κ2) is 7.53. The van der Waals surface area contributed by atoms with Crippen LogP contribution in [-0.2, 0) is 0 Å². The van der Waals surface area contributed by atoms with E-state index in [-0.39, 0.29) is 0 Å². The minimum atomic E-state index is 0.435. The van der Waals surface area contributed by atoms with Gasteiger partial charge in [-0.1, -0.05) is 60.3 Å². The second-order valence-electron chi connectivity index (χ2n) is 6.89. The van der Waals surface area contributed by atoms with Crippen molar-refractivity contribution in [3.8, 4) is 0 Å². The summed E-state index contributed by atoms with van der Waals surface area (Å²) in [4.78, 5) is 0. The number of rotatable bonds is 7. The van der Waals surface area contributed by atoms with E-state index in [0.717, 1.165) is 11.8 Å². The van der Waals surface area contributed by atoms with E-state index >= 15 is 0 Å². The molecule has 0 aromatic carbocycles. The Balaban J connectivity index is 2.79. The highest BCUT2D eigenvalue weighted by atomic mass is 14.9. The van der Waals surface area contributed by atoms with Crippen LogP contribution in [0.2, 0.25) is 0 Å². The van der Waals surface area contributed by atoms with Gasteiger partial charge in [0.1, 0.15) is 0 Å². The molecule has 1 rings (SSSR count). The SMILES string of the molecule is CCCNC(C1CCCCC1CC)C(C)(C)CC. The van der Waals surface area contributed by atoms with Gasteiger partial charge < -0.3 is 5.32 Å². The lowest BCUT2D eigenvalue weighted by Gasteiger charge is -2.45. The Hall–Kier alpha value is -0.0400. The molecule has 1 heteroatoms. The lowest BCUT2D eigenvalue weighted by atomic mass is 9.66. The molecule has 0 aromatic rings. The molecule has 0 aliphatic heterocycles. The van der Waals surface area contributed by atoms with Crippen molar-refractivity contribution in [2.75, 3.05) is 6.54 Å². The smallest absolute Gasteiger partial charge is 0.0149 e. The van der Waals surface area contributed by atoms with Gasteiger partial charge in [0.05, 0.1) is 0 Å².